The van der Waals surface area contributed by atoms with Crippen LogP contribution in [0.4, 0.5) is 0 Å². The zero-order valence-electron chi connectivity index (χ0n) is 7.89. The van der Waals surface area contributed by atoms with Crippen molar-refractivity contribution in [1.82, 2.24) is 0 Å². The van der Waals surface area contributed by atoms with Crippen LogP contribution < -0.4 is 0 Å². The fourth-order valence-corrected chi connectivity index (χ4v) is 3.08. The zero-order chi connectivity index (χ0) is 10.4. The molecule has 0 bridgehead atoms. The Morgan fingerprint density at radius 1 is 1.64 bits per heavy atom. The van der Waals surface area contributed by atoms with Gasteiger partial charge in [-0.1, -0.05) is 6.07 Å². The molecule has 0 aliphatic heterocycles. The number of esters is 1. The highest BCUT2D eigenvalue weighted by Crippen LogP contribution is 2.14. The molecule has 0 radical (unpaired) electrons. The maximum atomic E-state index is 11.5. The molecule has 0 N–H and O–H groups in total. The largest absolute Gasteiger partial charge is 0.469 e. The Bertz CT molecular complexity index is 306. The minimum absolute atomic E-state index is 0.242. The van der Waals surface area contributed by atoms with E-state index in [1.165, 1.54) is 18.4 Å². The van der Waals surface area contributed by atoms with E-state index in [1.807, 2.05) is 17.5 Å². The number of hydrogen-bond donors (Lipinski definition) is 0. The van der Waals surface area contributed by atoms with Crippen LogP contribution in [0.1, 0.15) is 12.8 Å². The van der Waals surface area contributed by atoms with Crippen LogP contribution in [0.25, 0.3) is 0 Å². The lowest BCUT2D eigenvalue weighted by molar-refractivity contribution is -0.140. The molecule has 0 saturated heterocycles. The number of ether oxygens (including phenoxy) is 1. The van der Waals surface area contributed by atoms with Gasteiger partial charge in [-0.25, -0.2) is 0 Å². The molecule has 3 nitrogen and oxygen atoms in total. The third-order valence-electron chi connectivity index (χ3n) is 1.66. The Morgan fingerprint density at radius 3 is 3.00 bits per heavy atom. The summed E-state index contributed by atoms with van der Waals surface area (Å²) in [6.45, 7) is 0. The summed E-state index contributed by atoms with van der Waals surface area (Å²) in [7, 11) is 0.400. The second-order valence-corrected chi connectivity index (χ2v) is 5.41. The van der Waals surface area contributed by atoms with Crippen molar-refractivity contribution in [2.45, 2.75) is 17.1 Å². The van der Waals surface area contributed by atoms with Crippen LogP contribution in [0.3, 0.4) is 0 Å². The molecule has 1 rings (SSSR count). The van der Waals surface area contributed by atoms with E-state index in [2.05, 4.69) is 4.74 Å². The van der Waals surface area contributed by atoms with Crippen LogP contribution in [0, 0.1) is 0 Å². The molecule has 1 heterocycles. The first-order valence-electron chi connectivity index (χ1n) is 4.22. The summed E-state index contributed by atoms with van der Waals surface area (Å²) in [5.41, 5.74) is 0. The lowest BCUT2D eigenvalue weighted by Gasteiger charge is -1.98. The Morgan fingerprint density at radius 2 is 2.43 bits per heavy atom. The molecule has 1 aromatic heterocycles. The van der Waals surface area contributed by atoms with E-state index in [1.54, 1.807) is 0 Å². The number of thiophene rings is 1. The van der Waals surface area contributed by atoms with Gasteiger partial charge in [-0.2, -0.15) is 0 Å². The van der Waals surface area contributed by atoms with E-state index in [9.17, 15) is 9.00 Å². The minimum atomic E-state index is -0.960. The smallest absolute Gasteiger partial charge is 0.305 e. The van der Waals surface area contributed by atoms with Gasteiger partial charge >= 0.3 is 5.97 Å². The minimum Gasteiger partial charge on any atom is -0.469 e. The molecular weight excluding hydrogens is 220 g/mol. The lowest BCUT2D eigenvalue weighted by Crippen LogP contribution is -2.03. The predicted octanol–water partition coefficient (Wildman–Crippen LogP) is 1.81. The van der Waals surface area contributed by atoms with Gasteiger partial charge in [-0.3, -0.25) is 9.00 Å². The monoisotopic (exact) mass is 232 g/mol. The molecule has 1 unspecified atom stereocenters. The summed E-state index contributed by atoms with van der Waals surface area (Å²) in [5, 5.41) is 1.90. The van der Waals surface area contributed by atoms with E-state index >= 15 is 0 Å². The molecular formula is C9H12O3S2. The quantitative estimate of drug-likeness (QED) is 0.727. The standard InChI is InChI=1S/C9H12O3S2/c1-12-8(10)4-3-7-14(11)9-5-2-6-13-9/h2,5-6H,3-4,7H2,1H3. The maximum Gasteiger partial charge on any atom is 0.305 e. The van der Waals surface area contributed by atoms with Crippen molar-refractivity contribution in [2.75, 3.05) is 12.9 Å². The van der Waals surface area contributed by atoms with Crippen molar-refractivity contribution in [3.05, 3.63) is 17.5 Å². The van der Waals surface area contributed by atoms with Gasteiger partial charge in [-0.05, 0) is 17.9 Å². The first-order valence-corrected chi connectivity index (χ1v) is 6.42. The van der Waals surface area contributed by atoms with Crippen LogP contribution >= 0.6 is 11.3 Å². The van der Waals surface area contributed by atoms with Gasteiger partial charge in [0, 0.05) is 12.2 Å². The highest BCUT2D eigenvalue weighted by Gasteiger charge is 2.06. The van der Waals surface area contributed by atoms with E-state index < -0.39 is 10.8 Å². The first kappa shape index (κ1) is 11.4. The molecule has 0 spiro atoms. The summed E-state index contributed by atoms with van der Waals surface area (Å²) in [5.74, 6) is 0.281. The summed E-state index contributed by atoms with van der Waals surface area (Å²) in [6, 6.07) is 3.72. The van der Waals surface area contributed by atoms with Gasteiger partial charge < -0.3 is 4.74 Å². The lowest BCUT2D eigenvalue weighted by atomic mass is 10.3. The third kappa shape index (κ3) is 3.59. The van der Waals surface area contributed by atoms with Crippen molar-refractivity contribution in [1.29, 1.82) is 0 Å². The van der Waals surface area contributed by atoms with Crippen LogP contribution in [0.2, 0.25) is 0 Å². The predicted molar refractivity (Wildman–Crippen MR) is 56.8 cm³/mol. The van der Waals surface area contributed by atoms with Gasteiger partial charge in [0.25, 0.3) is 0 Å². The molecule has 0 aliphatic carbocycles. The first-order chi connectivity index (χ1) is 6.74. The van der Waals surface area contributed by atoms with Gasteiger partial charge in [0.1, 0.15) is 0 Å². The van der Waals surface area contributed by atoms with E-state index in [0.717, 1.165) is 4.21 Å². The average molecular weight is 232 g/mol. The number of hydrogen-bond acceptors (Lipinski definition) is 4. The topological polar surface area (TPSA) is 43.4 Å². The number of carbonyl (C=O) groups excluding carboxylic acids is 1. The summed E-state index contributed by atoms with van der Waals surface area (Å²) >= 11 is 1.48. The van der Waals surface area contributed by atoms with Crippen LogP contribution in [0.15, 0.2) is 21.7 Å². The molecule has 1 atom stereocenters. The Labute approximate surface area is 89.5 Å². The molecule has 1 aromatic rings. The molecule has 14 heavy (non-hydrogen) atoms. The van der Waals surface area contributed by atoms with Crippen LogP contribution in [-0.4, -0.2) is 23.0 Å². The highest BCUT2D eigenvalue weighted by atomic mass is 32.2. The maximum absolute atomic E-state index is 11.5. The highest BCUT2D eigenvalue weighted by molar-refractivity contribution is 7.87. The fourth-order valence-electron chi connectivity index (χ4n) is 0.943. The zero-order valence-corrected chi connectivity index (χ0v) is 9.53. The van der Waals surface area contributed by atoms with Crippen LogP contribution in [0.5, 0.6) is 0 Å². The fraction of sp³-hybridized carbons (Fsp3) is 0.444. The van der Waals surface area contributed by atoms with E-state index in [0.29, 0.717) is 18.6 Å². The third-order valence-corrected chi connectivity index (χ3v) is 4.41. The van der Waals surface area contributed by atoms with Gasteiger partial charge in [0.2, 0.25) is 0 Å². The van der Waals surface area contributed by atoms with Gasteiger partial charge in [0.15, 0.2) is 0 Å². The molecule has 5 heteroatoms. The molecule has 0 aromatic carbocycles. The second kappa shape index (κ2) is 5.93. The number of carbonyl (C=O) groups is 1. The number of rotatable bonds is 5. The van der Waals surface area contributed by atoms with Crippen molar-refractivity contribution >= 4 is 28.1 Å². The normalized spacial score (nSPS) is 12.4. The van der Waals surface area contributed by atoms with Crippen molar-refractivity contribution < 1.29 is 13.7 Å². The second-order valence-electron chi connectivity index (χ2n) is 2.66. The van der Waals surface area contributed by atoms with Crippen LogP contribution in [-0.2, 0) is 20.3 Å². The Hall–Kier alpha value is -0.680. The molecule has 0 aliphatic rings. The van der Waals surface area contributed by atoms with Crippen molar-refractivity contribution in [3.63, 3.8) is 0 Å². The molecule has 78 valence electrons. The van der Waals surface area contributed by atoms with Crippen molar-refractivity contribution in [2.24, 2.45) is 0 Å². The Balaban J connectivity index is 2.26. The van der Waals surface area contributed by atoms with E-state index in [4.69, 9.17) is 0 Å². The average Bonchev–Trinajstić information content (AvgIpc) is 2.70. The molecule has 0 fully saturated rings. The SMILES string of the molecule is COC(=O)CCCS(=O)c1cccs1. The summed E-state index contributed by atoms with van der Waals surface area (Å²) < 4.78 is 16.9. The summed E-state index contributed by atoms with van der Waals surface area (Å²) in [4.78, 5) is 10.8. The Kier molecular flexibility index (Phi) is 4.82. The van der Waals surface area contributed by atoms with E-state index in [-0.39, 0.29) is 5.97 Å². The van der Waals surface area contributed by atoms with Gasteiger partial charge in [0.05, 0.1) is 22.1 Å². The number of methoxy groups -OCH3 is 1. The van der Waals surface area contributed by atoms with Crippen molar-refractivity contribution in [3.8, 4) is 0 Å². The van der Waals surface area contributed by atoms with Gasteiger partial charge in [-0.15, -0.1) is 11.3 Å². The summed E-state index contributed by atoms with van der Waals surface area (Å²) in [6.07, 6.45) is 0.949. The molecule has 0 saturated carbocycles. The molecule has 0 amide bonds.